The summed E-state index contributed by atoms with van der Waals surface area (Å²) in [5, 5.41) is 17.8. The first-order chi connectivity index (χ1) is 7.83. The van der Waals surface area contributed by atoms with Crippen molar-refractivity contribution in [1.29, 1.82) is 0 Å². The summed E-state index contributed by atoms with van der Waals surface area (Å²) in [7, 11) is 0.831. The Bertz CT molecular complexity index is 324. The second-order valence-corrected chi connectivity index (χ2v) is 6.13. The molecule has 0 fully saturated rings. The Morgan fingerprint density at radius 2 is 1.41 bits per heavy atom. The molecule has 0 rings (SSSR count). The lowest BCUT2D eigenvalue weighted by Crippen LogP contribution is -2.44. The van der Waals surface area contributed by atoms with Gasteiger partial charge in [-0.05, 0) is 6.92 Å². The first-order valence-corrected chi connectivity index (χ1v) is 6.58. The van der Waals surface area contributed by atoms with E-state index in [2.05, 4.69) is 0 Å². The molecule has 0 bridgehead atoms. The molecule has 0 aromatic heterocycles. The Balaban J connectivity index is 5.34. The number of carbonyl (C=O) groups is 2. The van der Waals surface area contributed by atoms with Crippen LogP contribution >= 0.6 is 0 Å². The number of aliphatic carboxylic acids is 2. The van der Waals surface area contributed by atoms with E-state index in [1.165, 1.54) is 28.3 Å². The van der Waals surface area contributed by atoms with Crippen LogP contribution in [0.1, 0.15) is 6.92 Å². The van der Waals surface area contributed by atoms with E-state index in [4.69, 9.17) is 23.5 Å². The number of hydrogen-bond donors (Lipinski definition) is 2. The van der Waals surface area contributed by atoms with Crippen LogP contribution in [-0.4, -0.2) is 52.3 Å². The summed E-state index contributed by atoms with van der Waals surface area (Å²) in [5.74, 6) is -2.62. The van der Waals surface area contributed by atoms with Crippen LogP contribution < -0.4 is 0 Å². The standard InChI is InChI=1S/C9H16O7Si/c1-6(8(10)11)7(9(12)13)5-17(14-2,15-3)16-4/h5H2,1-4H3,(H,10,11)(H,12,13)/b7-6+. The third-order valence-electron chi connectivity index (χ3n) is 2.36. The van der Waals surface area contributed by atoms with Crippen molar-refractivity contribution >= 4 is 20.7 Å². The molecular weight excluding hydrogens is 248 g/mol. The smallest absolute Gasteiger partial charge is 0.478 e. The Morgan fingerprint density at radius 3 is 1.65 bits per heavy atom. The number of rotatable bonds is 7. The maximum Gasteiger partial charge on any atom is 0.505 e. The van der Waals surface area contributed by atoms with Gasteiger partial charge in [0.2, 0.25) is 0 Å². The molecule has 0 aromatic carbocycles. The maximum absolute atomic E-state index is 11.0. The minimum Gasteiger partial charge on any atom is -0.478 e. The molecule has 0 aromatic rings. The quantitative estimate of drug-likeness (QED) is 0.505. The van der Waals surface area contributed by atoms with Gasteiger partial charge in [0.1, 0.15) is 0 Å². The average Bonchev–Trinajstić information content (AvgIpc) is 2.30. The Kier molecular flexibility index (Phi) is 6.03. The molecule has 0 heterocycles. The lowest BCUT2D eigenvalue weighted by atomic mass is 10.1. The predicted molar refractivity (Wildman–Crippen MR) is 59.6 cm³/mol. The molecule has 0 radical (unpaired) electrons. The maximum atomic E-state index is 11.0. The molecule has 0 spiro atoms. The van der Waals surface area contributed by atoms with Gasteiger partial charge in [-0.2, -0.15) is 0 Å². The van der Waals surface area contributed by atoms with Crippen molar-refractivity contribution in [3.63, 3.8) is 0 Å². The zero-order valence-corrected chi connectivity index (χ0v) is 11.1. The molecule has 0 atom stereocenters. The van der Waals surface area contributed by atoms with Crippen molar-refractivity contribution in [3.05, 3.63) is 11.1 Å². The van der Waals surface area contributed by atoms with Crippen molar-refractivity contribution in [3.8, 4) is 0 Å². The van der Waals surface area contributed by atoms with Gasteiger partial charge in [-0.15, -0.1) is 0 Å². The van der Waals surface area contributed by atoms with Gasteiger partial charge in [-0.25, -0.2) is 9.59 Å². The van der Waals surface area contributed by atoms with Gasteiger partial charge in [0.25, 0.3) is 0 Å². The highest BCUT2D eigenvalue weighted by molar-refractivity contribution is 6.62. The van der Waals surface area contributed by atoms with Crippen LogP contribution in [0.15, 0.2) is 11.1 Å². The van der Waals surface area contributed by atoms with Crippen LogP contribution in [0.4, 0.5) is 0 Å². The van der Waals surface area contributed by atoms with Crippen molar-refractivity contribution in [2.75, 3.05) is 21.3 Å². The summed E-state index contributed by atoms with van der Waals surface area (Å²) in [6.07, 6.45) is 0. The second kappa shape index (κ2) is 6.50. The van der Waals surface area contributed by atoms with Gasteiger partial charge in [0.15, 0.2) is 0 Å². The first kappa shape index (κ1) is 15.8. The van der Waals surface area contributed by atoms with E-state index < -0.39 is 20.7 Å². The third-order valence-corrected chi connectivity index (χ3v) is 5.01. The summed E-state index contributed by atoms with van der Waals surface area (Å²) >= 11 is 0. The Labute approximate surface area is 100.0 Å². The summed E-state index contributed by atoms with van der Waals surface area (Å²) in [4.78, 5) is 21.8. The first-order valence-electron chi connectivity index (χ1n) is 4.65. The van der Waals surface area contributed by atoms with E-state index in [0.717, 1.165) is 0 Å². The highest BCUT2D eigenvalue weighted by atomic mass is 28.4. The number of carboxylic acids is 2. The highest BCUT2D eigenvalue weighted by Gasteiger charge is 2.41. The summed E-state index contributed by atoms with van der Waals surface area (Å²) < 4.78 is 15.2. The van der Waals surface area contributed by atoms with Crippen LogP contribution in [0.5, 0.6) is 0 Å². The lowest BCUT2D eigenvalue weighted by molar-refractivity contribution is -0.135. The van der Waals surface area contributed by atoms with Crippen LogP contribution in [-0.2, 0) is 22.9 Å². The van der Waals surface area contributed by atoms with Crippen molar-refractivity contribution in [1.82, 2.24) is 0 Å². The molecule has 2 N–H and O–H groups in total. The third kappa shape index (κ3) is 3.93. The fourth-order valence-corrected chi connectivity index (χ4v) is 2.96. The molecule has 0 saturated carbocycles. The minimum absolute atomic E-state index is 0.204. The lowest BCUT2D eigenvalue weighted by Gasteiger charge is -2.24. The summed E-state index contributed by atoms with van der Waals surface area (Å²) in [6.45, 7) is 1.21. The molecule has 0 amide bonds. The number of hydrogen-bond acceptors (Lipinski definition) is 5. The zero-order valence-electron chi connectivity index (χ0n) is 10.1. The SMILES string of the molecule is CO[Si](C/C(C(=O)O)=C(/C)C(=O)O)(OC)OC. The van der Waals surface area contributed by atoms with Crippen LogP contribution in [0.2, 0.25) is 6.04 Å². The molecule has 98 valence electrons. The molecule has 0 unspecified atom stereocenters. The van der Waals surface area contributed by atoms with Gasteiger partial charge in [0.05, 0.1) is 11.6 Å². The molecule has 0 aliphatic heterocycles. The van der Waals surface area contributed by atoms with Crippen LogP contribution in [0.25, 0.3) is 0 Å². The van der Waals surface area contributed by atoms with E-state index in [-0.39, 0.29) is 17.2 Å². The fourth-order valence-electron chi connectivity index (χ4n) is 1.18. The largest absolute Gasteiger partial charge is 0.505 e. The molecule has 17 heavy (non-hydrogen) atoms. The Hall–Kier alpha value is -1.22. The monoisotopic (exact) mass is 264 g/mol. The second-order valence-electron chi connectivity index (χ2n) is 3.19. The van der Waals surface area contributed by atoms with E-state index in [1.54, 1.807) is 0 Å². The van der Waals surface area contributed by atoms with E-state index >= 15 is 0 Å². The molecule has 0 saturated heterocycles. The van der Waals surface area contributed by atoms with Gasteiger partial charge < -0.3 is 23.5 Å². The van der Waals surface area contributed by atoms with Crippen molar-refractivity contribution in [2.24, 2.45) is 0 Å². The molecule has 0 aliphatic carbocycles. The summed E-state index contributed by atoms with van der Waals surface area (Å²) in [5.41, 5.74) is -0.546. The molecule has 7 nitrogen and oxygen atoms in total. The zero-order chi connectivity index (χ0) is 13.6. The predicted octanol–water partition coefficient (Wildman–Crippen LogP) is 0.350. The van der Waals surface area contributed by atoms with E-state index in [1.807, 2.05) is 0 Å². The topological polar surface area (TPSA) is 102 Å². The van der Waals surface area contributed by atoms with Crippen LogP contribution in [0.3, 0.4) is 0 Å². The Morgan fingerprint density at radius 1 is 1.00 bits per heavy atom. The van der Waals surface area contributed by atoms with Crippen molar-refractivity contribution in [2.45, 2.75) is 13.0 Å². The molecule has 0 aliphatic rings. The minimum atomic E-state index is -3.15. The van der Waals surface area contributed by atoms with E-state index in [0.29, 0.717) is 0 Å². The highest BCUT2D eigenvalue weighted by Crippen LogP contribution is 2.22. The van der Waals surface area contributed by atoms with Gasteiger partial charge >= 0.3 is 20.7 Å². The molecular formula is C9H16O7Si. The van der Waals surface area contributed by atoms with Gasteiger partial charge in [-0.1, -0.05) is 0 Å². The van der Waals surface area contributed by atoms with Gasteiger partial charge in [0, 0.05) is 26.9 Å². The van der Waals surface area contributed by atoms with Crippen LogP contribution in [0, 0.1) is 0 Å². The summed E-state index contributed by atoms with van der Waals surface area (Å²) in [6, 6.07) is -0.204. The van der Waals surface area contributed by atoms with Crippen molar-refractivity contribution < 1.29 is 33.1 Å². The van der Waals surface area contributed by atoms with E-state index in [9.17, 15) is 9.59 Å². The fraction of sp³-hybridized carbons (Fsp3) is 0.556. The van der Waals surface area contributed by atoms with Gasteiger partial charge in [-0.3, -0.25) is 0 Å². The number of carboxylic acid groups (broad SMARTS) is 2. The molecule has 8 heteroatoms. The normalized spacial score (nSPS) is 13.2. The average molecular weight is 264 g/mol.